The molecule has 200 valence electrons. The van der Waals surface area contributed by atoms with E-state index in [1.54, 1.807) is 36.5 Å². The highest BCUT2D eigenvalue weighted by molar-refractivity contribution is 5.95. The topological polar surface area (TPSA) is 209 Å². The number of aromatic amines is 1. The van der Waals surface area contributed by atoms with E-state index >= 15 is 0 Å². The van der Waals surface area contributed by atoms with E-state index in [9.17, 15) is 29.1 Å². The van der Waals surface area contributed by atoms with Gasteiger partial charge in [-0.1, -0.05) is 48.5 Å². The Morgan fingerprint density at radius 3 is 2.05 bits per heavy atom. The summed E-state index contributed by atoms with van der Waals surface area (Å²) in [5, 5.41) is 17.7. The molecule has 0 saturated carbocycles. The van der Waals surface area contributed by atoms with E-state index in [4.69, 9.17) is 11.5 Å². The SMILES string of the molecule is NCC(=O)NC(Cc1c[nH]c2ccccc12)C(=O)NC(Cc1ccccc1)C(=O)NC(CC(N)=O)C(=O)O. The number of carbonyl (C=O) groups is 5. The summed E-state index contributed by atoms with van der Waals surface area (Å²) in [6, 6.07) is 12.3. The van der Waals surface area contributed by atoms with Gasteiger partial charge in [0.25, 0.3) is 0 Å². The summed E-state index contributed by atoms with van der Waals surface area (Å²) >= 11 is 0. The van der Waals surface area contributed by atoms with Crippen molar-refractivity contribution in [1.82, 2.24) is 20.9 Å². The third-order valence-corrected chi connectivity index (χ3v) is 5.87. The zero-order chi connectivity index (χ0) is 27.7. The van der Waals surface area contributed by atoms with E-state index in [-0.39, 0.29) is 19.4 Å². The lowest BCUT2D eigenvalue weighted by Crippen LogP contribution is -2.57. The Hall–Kier alpha value is -4.71. The average molecular weight is 523 g/mol. The van der Waals surface area contributed by atoms with Crippen LogP contribution in [0.3, 0.4) is 0 Å². The third-order valence-electron chi connectivity index (χ3n) is 5.87. The summed E-state index contributed by atoms with van der Waals surface area (Å²) in [7, 11) is 0. The highest BCUT2D eigenvalue weighted by atomic mass is 16.4. The number of nitrogens with two attached hydrogens (primary N) is 2. The Bertz CT molecular complexity index is 1310. The van der Waals surface area contributed by atoms with Crippen LogP contribution < -0.4 is 27.4 Å². The number of aromatic nitrogens is 1. The predicted octanol–water partition coefficient (Wildman–Crippen LogP) is -0.674. The molecule has 3 atom stereocenters. The predicted molar refractivity (Wildman–Crippen MR) is 138 cm³/mol. The molecule has 3 unspecified atom stereocenters. The minimum absolute atomic E-state index is 0.0198. The molecule has 3 rings (SSSR count). The number of carbonyl (C=O) groups excluding carboxylic acids is 4. The number of carboxylic acid groups (broad SMARTS) is 1. The van der Waals surface area contributed by atoms with Crippen LogP contribution in [-0.2, 0) is 36.8 Å². The van der Waals surface area contributed by atoms with Crippen LogP contribution in [0.4, 0.5) is 0 Å². The van der Waals surface area contributed by atoms with Crippen LogP contribution in [0.15, 0.2) is 60.8 Å². The molecule has 0 aliphatic rings. The summed E-state index contributed by atoms with van der Waals surface area (Å²) in [5.74, 6) is -4.43. The van der Waals surface area contributed by atoms with E-state index in [1.165, 1.54) is 0 Å². The number of H-pyrrole nitrogens is 1. The highest BCUT2D eigenvalue weighted by Gasteiger charge is 2.30. The van der Waals surface area contributed by atoms with Crippen molar-refractivity contribution in [3.63, 3.8) is 0 Å². The fraction of sp³-hybridized carbons (Fsp3) is 0.269. The third kappa shape index (κ3) is 7.64. The molecule has 0 aliphatic heterocycles. The van der Waals surface area contributed by atoms with Crippen molar-refractivity contribution >= 4 is 40.5 Å². The number of fused-ring (bicyclic) bond motifs is 1. The lowest BCUT2D eigenvalue weighted by molar-refractivity contribution is -0.143. The Kier molecular flexibility index (Phi) is 9.54. The first kappa shape index (κ1) is 27.9. The Labute approximate surface area is 218 Å². The lowest BCUT2D eigenvalue weighted by atomic mass is 10.0. The number of rotatable bonds is 13. The first-order chi connectivity index (χ1) is 18.2. The van der Waals surface area contributed by atoms with Gasteiger partial charge in [0.2, 0.25) is 23.6 Å². The number of amides is 4. The van der Waals surface area contributed by atoms with Gasteiger partial charge in [-0.25, -0.2) is 4.79 Å². The van der Waals surface area contributed by atoms with Gasteiger partial charge < -0.3 is 37.5 Å². The van der Waals surface area contributed by atoms with Crippen LogP contribution in [0, 0.1) is 0 Å². The number of hydrogen-bond donors (Lipinski definition) is 7. The van der Waals surface area contributed by atoms with Crippen molar-refractivity contribution in [3.8, 4) is 0 Å². The van der Waals surface area contributed by atoms with Crippen molar-refractivity contribution in [3.05, 3.63) is 71.9 Å². The molecule has 2 aromatic carbocycles. The zero-order valence-corrected chi connectivity index (χ0v) is 20.5. The van der Waals surface area contributed by atoms with E-state index in [1.807, 2.05) is 24.3 Å². The molecule has 0 aliphatic carbocycles. The molecule has 0 spiro atoms. The Morgan fingerprint density at radius 1 is 0.816 bits per heavy atom. The number of primary amides is 1. The van der Waals surface area contributed by atoms with Gasteiger partial charge >= 0.3 is 5.97 Å². The lowest BCUT2D eigenvalue weighted by Gasteiger charge is -2.24. The molecule has 1 heterocycles. The monoisotopic (exact) mass is 522 g/mol. The van der Waals surface area contributed by atoms with Gasteiger partial charge in [-0.15, -0.1) is 0 Å². The number of para-hydroxylation sites is 1. The van der Waals surface area contributed by atoms with Crippen molar-refractivity contribution in [2.75, 3.05) is 6.54 Å². The van der Waals surface area contributed by atoms with Crippen LogP contribution in [0.5, 0.6) is 0 Å². The molecule has 0 fully saturated rings. The van der Waals surface area contributed by atoms with Crippen molar-refractivity contribution in [1.29, 1.82) is 0 Å². The Balaban J connectivity index is 1.85. The smallest absolute Gasteiger partial charge is 0.326 e. The van der Waals surface area contributed by atoms with E-state index in [2.05, 4.69) is 20.9 Å². The molecule has 0 radical (unpaired) electrons. The van der Waals surface area contributed by atoms with E-state index in [0.717, 1.165) is 16.5 Å². The molecule has 3 aromatic rings. The quantitative estimate of drug-likeness (QED) is 0.154. The van der Waals surface area contributed by atoms with E-state index < -0.39 is 54.1 Å². The first-order valence-electron chi connectivity index (χ1n) is 11.9. The molecule has 1 aromatic heterocycles. The fourth-order valence-corrected chi connectivity index (χ4v) is 3.99. The van der Waals surface area contributed by atoms with Crippen LogP contribution in [0.1, 0.15) is 17.5 Å². The van der Waals surface area contributed by atoms with E-state index in [0.29, 0.717) is 5.56 Å². The largest absolute Gasteiger partial charge is 0.480 e. The Morgan fingerprint density at radius 2 is 1.42 bits per heavy atom. The van der Waals surface area contributed by atoms with Gasteiger partial charge in [0.15, 0.2) is 0 Å². The van der Waals surface area contributed by atoms with Gasteiger partial charge in [-0.05, 0) is 17.2 Å². The van der Waals surface area contributed by atoms with Crippen LogP contribution in [0.2, 0.25) is 0 Å². The second-order valence-corrected chi connectivity index (χ2v) is 8.71. The van der Waals surface area contributed by atoms with Crippen molar-refractivity contribution in [2.45, 2.75) is 37.4 Å². The highest BCUT2D eigenvalue weighted by Crippen LogP contribution is 2.19. The van der Waals surface area contributed by atoms with Crippen LogP contribution in [0.25, 0.3) is 10.9 Å². The fourth-order valence-electron chi connectivity index (χ4n) is 3.99. The molecule has 0 saturated heterocycles. The maximum Gasteiger partial charge on any atom is 0.326 e. The van der Waals surface area contributed by atoms with Gasteiger partial charge in [-0.2, -0.15) is 0 Å². The summed E-state index contributed by atoms with van der Waals surface area (Å²) in [5.41, 5.74) is 12.9. The van der Waals surface area contributed by atoms with Crippen LogP contribution in [-0.4, -0.2) is 64.4 Å². The normalized spacial score (nSPS) is 13.2. The summed E-state index contributed by atoms with van der Waals surface area (Å²) in [6.45, 7) is -0.348. The molecule has 38 heavy (non-hydrogen) atoms. The number of carboxylic acids is 1. The molecule has 4 amide bonds. The average Bonchev–Trinajstić information content (AvgIpc) is 3.30. The molecule has 12 heteroatoms. The van der Waals surface area contributed by atoms with Gasteiger partial charge in [0.1, 0.15) is 18.1 Å². The number of aliphatic carboxylic acids is 1. The van der Waals surface area contributed by atoms with Crippen molar-refractivity contribution in [2.24, 2.45) is 11.5 Å². The van der Waals surface area contributed by atoms with Gasteiger partial charge in [-0.3, -0.25) is 19.2 Å². The maximum absolute atomic E-state index is 13.4. The molecular formula is C26H30N6O6. The first-order valence-corrected chi connectivity index (χ1v) is 11.9. The summed E-state index contributed by atoms with van der Waals surface area (Å²) in [6.07, 6.45) is 1.23. The number of hydrogen-bond acceptors (Lipinski definition) is 6. The molecule has 9 N–H and O–H groups in total. The second kappa shape index (κ2) is 13.0. The van der Waals surface area contributed by atoms with Gasteiger partial charge in [0, 0.05) is 29.9 Å². The molecular weight excluding hydrogens is 492 g/mol. The molecule has 12 nitrogen and oxygen atoms in total. The summed E-state index contributed by atoms with van der Waals surface area (Å²) in [4.78, 5) is 64.6. The number of benzene rings is 2. The minimum atomic E-state index is -1.57. The maximum atomic E-state index is 13.4. The molecule has 0 bridgehead atoms. The zero-order valence-electron chi connectivity index (χ0n) is 20.5. The minimum Gasteiger partial charge on any atom is -0.480 e. The number of nitrogens with one attached hydrogen (secondary N) is 4. The van der Waals surface area contributed by atoms with Gasteiger partial charge in [0.05, 0.1) is 13.0 Å². The summed E-state index contributed by atoms with van der Waals surface area (Å²) < 4.78 is 0. The van der Waals surface area contributed by atoms with Crippen LogP contribution >= 0.6 is 0 Å². The second-order valence-electron chi connectivity index (χ2n) is 8.71. The standard InChI is InChI=1S/C26H30N6O6/c27-13-23(34)30-20(11-16-14-29-18-9-5-4-8-17(16)18)25(36)31-19(10-15-6-2-1-3-7-15)24(35)32-21(26(37)38)12-22(28)33/h1-9,14,19-21,29H,10-13,27H2,(H2,28,33)(H,30,34)(H,31,36)(H,32,35)(H,37,38). The van der Waals surface area contributed by atoms with Crippen molar-refractivity contribution < 1.29 is 29.1 Å².